The van der Waals surface area contributed by atoms with Crippen molar-refractivity contribution in [2.75, 3.05) is 18.0 Å². The molecule has 2 heterocycles. The second-order valence-electron chi connectivity index (χ2n) is 17.4. The maximum Gasteiger partial charge on any atom is 0.326 e. The molecule has 62 heavy (non-hydrogen) atoms. The third kappa shape index (κ3) is 10.5. The Bertz CT molecular complexity index is 2240. The van der Waals surface area contributed by atoms with Crippen molar-refractivity contribution in [3.63, 3.8) is 0 Å². The van der Waals surface area contributed by atoms with Crippen molar-refractivity contribution in [2.24, 2.45) is 0 Å². The first-order valence-corrected chi connectivity index (χ1v) is 22.0. The number of unbranched alkanes of at least 4 members (excludes halogenated alkanes) is 3. The number of aliphatic carboxylic acids is 3. The number of hydrogen-bond donors (Lipinski definition) is 6. The smallest absolute Gasteiger partial charge is 0.326 e. The number of para-hydroxylation sites is 1. The number of urea groups is 1. The van der Waals surface area contributed by atoms with Gasteiger partial charge < -0.3 is 36.2 Å². The van der Waals surface area contributed by atoms with Crippen LogP contribution in [0, 0.1) is 0 Å². The zero-order valence-electron chi connectivity index (χ0n) is 37.0. The summed E-state index contributed by atoms with van der Waals surface area (Å²) < 4.78 is 2.45. The first-order chi connectivity index (χ1) is 29.5. The van der Waals surface area contributed by atoms with Crippen LogP contribution in [-0.4, -0.2) is 86.7 Å². The van der Waals surface area contributed by atoms with Gasteiger partial charge in [0.2, 0.25) is 11.6 Å². The summed E-state index contributed by atoms with van der Waals surface area (Å²) >= 11 is 0. The van der Waals surface area contributed by atoms with Gasteiger partial charge in [0.25, 0.3) is 0 Å². The molecule has 3 aromatic carbocycles. The number of carbonyl (C=O) groups excluding carboxylic acids is 2. The highest BCUT2D eigenvalue weighted by Gasteiger charge is 2.46. The Morgan fingerprint density at radius 1 is 0.758 bits per heavy atom. The lowest BCUT2D eigenvalue weighted by Crippen LogP contribution is -2.51. The van der Waals surface area contributed by atoms with E-state index in [2.05, 4.69) is 140 Å². The van der Waals surface area contributed by atoms with E-state index in [1.54, 1.807) is 0 Å². The van der Waals surface area contributed by atoms with Crippen LogP contribution in [-0.2, 0) is 30.0 Å². The normalized spacial score (nSPS) is 17.1. The van der Waals surface area contributed by atoms with E-state index in [-0.39, 0.29) is 30.7 Å². The predicted octanol–water partition coefficient (Wildman–Crippen LogP) is 8.17. The molecule has 2 aliphatic rings. The molecule has 0 saturated heterocycles. The molecule has 3 amide bonds. The van der Waals surface area contributed by atoms with Crippen molar-refractivity contribution in [1.29, 1.82) is 0 Å². The number of hydrogen-bond acceptors (Lipinski definition) is 6. The minimum atomic E-state index is -1.49. The van der Waals surface area contributed by atoms with Gasteiger partial charge in [0.1, 0.15) is 24.7 Å². The lowest BCUT2D eigenvalue weighted by Gasteiger charge is -2.33. The Kier molecular flexibility index (Phi) is 15.7. The molecular formula is C49H64N5O8+. The Morgan fingerprint density at radius 3 is 2.10 bits per heavy atom. The number of nitrogens with one attached hydrogen (secondary N) is 3. The van der Waals surface area contributed by atoms with Crippen LogP contribution in [0.5, 0.6) is 0 Å². The summed E-state index contributed by atoms with van der Waals surface area (Å²) in [5.74, 6) is -4.08. The molecule has 13 heteroatoms. The Hall–Kier alpha value is -5.98. The number of allylic oxidation sites excluding steroid dienone is 4. The largest absolute Gasteiger partial charge is 0.481 e. The second kappa shape index (κ2) is 20.7. The maximum absolute atomic E-state index is 14.5. The van der Waals surface area contributed by atoms with Crippen molar-refractivity contribution in [3.05, 3.63) is 95.7 Å². The fourth-order valence-corrected chi connectivity index (χ4v) is 8.95. The van der Waals surface area contributed by atoms with E-state index in [1.807, 2.05) is 6.07 Å². The van der Waals surface area contributed by atoms with Gasteiger partial charge in [0.05, 0.1) is 5.41 Å². The van der Waals surface area contributed by atoms with Gasteiger partial charge in [0.15, 0.2) is 5.71 Å². The molecule has 3 unspecified atom stereocenters. The number of amides is 3. The number of carboxylic acid groups (broad SMARTS) is 3. The lowest BCUT2D eigenvalue weighted by atomic mass is 9.80. The Balaban J connectivity index is 1.38. The molecule has 0 saturated carbocycles. The highest BCUT2D eigenvalue weighted by atomic mass is 16.4. The predicted molar refractivity (Wildman–Crippen MR) is 242 cm³/mol. The monoisotopic (exact) mass is 850 g/mol. The fraction of sp³-hybridized carbons (Fsp3) is 0.469. The first kappa shape index (κ1) is 47.1. The SMILES string of the molecule is CCCCC(C(=O)NCCCCC(NC(=O)NC(CCC(=O)O)C(=O)O)C(=O)O)N1C(=CC=CC2=[N+](CCCC)c3ccccc3C2(C)C)C(C)(C)c2c1ccc1ccccc21. The van der Waals surface area contributed by atoms with Crippen LogP contribution >= 0.6 is 0 Å². The van der Waals surface area contributed by atoms with E-state index >= 15 is 0 Å². The zero-order valence-corrected chi connectivity index (χ0v) is 37.0. The number of rotatable bonds is 22. The molecule has 5 rings (SSSR count). The number of carbonyl (C=O) groups is 5. The standard InChI is InChI=1S/C49H63N5O8/c1-7-9-22-39(44(57)50-30-16-15-21-35(45(58)59)51-47(62)52-36(46(60)61)27-29-42(55)56)54-38-28-26-32-18-11-12-19-33(32)43(38)49(5,6)41(54)25-17-24-40-48(3,4)34-20-13-14-23-37(34)53(40)31-10-8-2/h11-14,17-20,23-26,28,35-36,39H,7-10,15-16,21-22,27,29-31H2,1-6H3,(H5-,50,51,52,55,56,57,58,59,60,61,62)/p+1. The minimum Gasteiger partial charge on any atom is -0.481 e. The average molecular weight is 851 g/mol. The highest BCUT2D eigenvalue weighted by Crippen LogP contribution is 2.52. The van der Waals surface area contributed by atoms with Gasteiger partial charge in [0, 0.05) is 53.9 Å². The van der Waals surface area contributed by atoms with E-state index in [4.69, 9.17) is 5.11 Å². The van der Waals surface area contributed by atoms with E-state index in [0.29, 0.717) is 19.3 Å². The first-order valence-electron chi connectivity index (χ1n) is 22.0. The number of fused-ring (bicyclic) bond motifs is 4. The lowest BCUT2D eigenvalue weighted by molar-refractivity contribution is -0.438. The number of benzene rings is 3. The summed E-state index contributed by atoms with van der Waals surface area (Å²) in [6.07, 6.45) is 11.0. The molecule has 0 bridgehead atoms. The summed E-state index contributed by atoms with van der Waals surface area (Å²) in [7, 11) is 0. The van der Waals surface area contributed by atoms with Gasteiger partial charge in [-0.25, -0.2) is 14.4 Å². The van der Waals surface area contributed by atoms with E-state index in [9.17, 15) is 34.2 Å². The second-order valence-corrected chi connectivity index (χ2v) is 17.4. The van der Waals surface area contributed by atoms with E-state index in [1.165, 1.54) is 22.5 Å². The third-order valence-corrected chi connectivity index (χ3v) is 12.3. The number of nitrogens with zero attached hydrogens (tertiary/aromatic N) is 2. The molecule has 0 aromatic heterocycles. The zero-order chi connectivity index (χ0) is 45.2. The van der Waals surface area contributed by atoms with Crippen molar-refractivity contribution in [1.82, 2.24) is 16.0 Å². The molecule has 2 aliphatic heterocycles. The summed E-state index contributed by atoms with van der Waals surface area (Å²) in [4.78, 5) is 63.6. The quantitative estimate of drug-likeness (QED) is 0.0428. The summed E-state index contributed by atoms with van der Waals surface area (Å²) in [6, 6.07) is 16.9. The molecule has 332 valence electrons. The van der Waals surface area contributed by atoms with Crippen LogP contribution in [0.1, 0.15) is 117 Å². The minimum absolute atomic E-state index is 0.0293. The number of anilines is 1. The van der Waals surface area contributed by atoms with E-state index < -0.39 is 53.9 Å². The van der Waals surface area contributed by atoms with Gasteiger partial charge >= 0.3 is 23.9 Å². The maximum atomic E-state index is 14.5. The van der Waals surface area contributed by atoms with Crippen LogP contribution in [0.2, 0.25) is 0 Å². The summed E-state index contributed by atoms with van der Waals surface area (Å²) in [5, 5.41) is 37.9. The topological polar surface area (TPSA) is 188 Å². The number of carboxylic acids is 3. The van der Waals surface area contributed by atoms with Crippen molar-refractivity contribution < 1.29 is 43.9 Å². The fourth-order valence-electron chi connectivity index (χ4n) is 8.95. The van der Waals surface area contributed by atoms with Crippen molar-refractivity contribution >= 4 is 57.7 Å². The molecule has 0 fully saturated rings. The molecule has 0 spiro atoms. The summed E-state index contributed by atoms with van der Waals surface area (Å²) in [6.45, 7) is 14.5. The third-order valence-electron chi connectivity index (χ3n) is 12.3. The van der Waals surface area contributed by atoms with Gasteiger partial charge in [-0.15, -0.1) is 0 Å². The molecule has 3 atom stereocenters. The Morgan fingerprint density at radius 2 is 1.42 bits per heavy atom. The Labute approximate surface area is 365 Å². The van der Waals surface area contributed by atoms with Crippen LogP contribution in [0.15, 0.2) is 84.6 Å². The molecule has 13 nitrogen and oxygen atoms in total. The van der Waals surface area contributed by atoms with Crippen LogP contribution in [0.4, 0.5) is 16.2 Å². The molecule has 3 aromatic rings. The molecule has 0 aliphatic carbocycles. The van der Waals surface area contributed by atoms with Gasteiger partial charge in [-0.3, -0.25) is 9.59 Å². The molecule has 6 N–H and O–H groups in total. The van der Waals surface area contributed by atoms with Crippen LogP contribution < -0.4 is 20.9 Å². The van der Waals surface area contributed by atoms with Crippen LogP contribution in [0.25, 0.3) is 10.8 Å². The molecule has 0 radical (unpaired) electrons. The van der Waals surface area contributed by atoms with Gasteiger partial charge in [-0.1, -0.05) is 102 Å². The average Bonchev–Trinajstić information content (AvgIpc) is 3.59. The van der Waals surface area contributed by atoms with Gasteiger partial charge in [-0.2, -0.15) is 4.58 Å². The van der Waals surface area contributed by atoms with E-state index in [0.717, 1.165) is 54.4 Å². The van der Waals surface area contributed by atoms with Gasteiger partial charge in [-0.05, 0) is 74.4 Å². The summed E-state index contributed by atoms with van der Waals surface area (Å²) in [5.41, 5.74) is 6.31. The molecular weight excluding hydrogens is 787 g/mol. The highest BCUT2D eigenvalue weighted by molar-refractivity contribution is 6.03. The van der Waals surface area contributed by atoms with Crippen molar-refractivity contribution in [3.8, 4) is 0 Å². The van der Waals surface area contributed by atoms with Crippen molar-refractivity contribution in [2.45, 2.75) is 135 Å². The van der Waals surface area contributed by atoms with Crippen LogP contribution in [0.3, 0.4) is 0 Å².